The van der Waals surface area contributed by atoms with Crippen molar-refractivity contribution in [3.63, 3.8) is 0 Å². The molecule has 0 saturated carbocycles. The van der Waals surface area contributed by atoms with Gasteiger partial charge in [0.1, 0.15) is 5.69 Å². The Morgan fingerprint density at radius 2 is 2.09 bits per heavy atom. The van der Waals surface area contributed by atoms with Gasteiger partial charge in [-0.1, -0.05) is 13.0 Å². The molecule has 2 aromatic rings. The number of pyridine rings is 1. The Kier molecular flexibility index (Phi) is 4.24. The van der Waals surface area contributed by atoms with Gasteiger partial charge in [0.25, 0.3) is 5.91 Å². The van der Waals surface area contributed by atoms with E-state index in [1.807, 2.05) is 6.20 Å². The zero-order chi connectivity index (χ0) is 15.5. The smallest absolute Gasteiger partial charge is 0.270 e. The molecule has 6 nitrogen and oxygen atoms in total. The molecule has 1 saturated heterocycles. The summed E-state index contributed by atoms with van der Waals surface area (Å²) in [5.41, 5.74) is 0.0998. The molecule has 1 aliphatic heterocycles. The molecule has 0 aromatic carbocycles. The van der Waals surface area contributed by atoms with Gasteiger partial charge in [0.05, 0.1) is 0 Å². The maximum absolute atomic E-state index is 12.4. The van der Waals surface area contributed by atoms with Crippen molar-refractivity contribution in [2.24, 2.45) is 0 Å². The second-order valence-corrected chi connectivity index (χ2v) is 6.26. The summed E-state index contributed by atoms with van der Waals surface area (Å²) in [6.07, 6.45) is 2.92. The fraction of sp³-hybridized carbons (Fsp3) is 0.400. The number of carbonyl (C=O) groups is 1. The van der Waals surface area contributed by atoms with Crippen molar-refractivity contribution in [2.45, 2.75) is 13.3 Å². The van der Waals surface area contributed by atoms with Crippen molar-refractivity contribution in [3.05, 3.63) is 45.3 Å². The SMILES string of the molecule is CCc1cnc(N2CCN(C(=O)c3cccc(=O)[nH]3)CC2)s1. The first kappa shape index (κ1) is 14.8. The summed E-state index contributed by atoms with van der Waals surface area (Å²) in [5.74, 6) is -0.120. The summed E-state index contributed by atoms with van der Waals surface area (Å²) in [6.45, 7) is 4.92. The van der Waals surface area contributed by atoms with Crippen LogP contribution in [0.15, 0.2) is 29.2 Å². The van der Waals surface area contributed by atoms with Crippen LogP contribution in [0.1, 0.15) is 22.3 Å². The van der Waals surface area contributed by atoms with Crippen molar-refractivity contribution in [3.8, 4) is 0 Å². The number of hydrogen-bond donors (Lipinski definition) is 1. The lowest BCUT2D eigenvalue weighted by Gasteiger charge is -2.34. The number of anilines is 1. The van der Waals surface area contributed by atoms with Crippen molar-refractivity contribution >= 4 is 22.4 Å². The van der Waals surface area contributed by atoms with Crippen molar-refractivity contribution in [2.75, 3.05) is 31.1 Å². The number of nitrogens with one attached hydrogen (secondary N) is 1. The van der Waals surface area contributed by atoms with E-state index in [-0.39, 0.29) is 11.5 Å². The fourth-order valence-electron chi connectivity index (χ4n) is 2.45. The van der Waals surface area contributed by atoms with Crippen molar-refractivity contribution < 1.29 is 4.79 Å². The van der Waals surface area contributed by atoms with Gasteiger partial charge in [-0.15, -0.1) is 11.3 Å². The van der Waals surface area contributed by atoms with Crippen LogP contribution in [0, 0.1) is 0 Å². The highest BCUT2D eigenvalue weighted by atomic mass is 32.1. The van der Waals surface area contributed by atoms with Crippen molar-refractivity contribution in [1.29, 1.82) is 0 Å². The highest BCUT2D eigenvalue weighted by molar-refractivity contribution is 7.15. The van der Waals surface area contributed by atoms with E-state index in [1.165, 1.54) is 10.9 Å². The largest absolute Gasteiger partial charge is 0.345 e. The number of H-pyrrole nitrogens is 1. The number of piperazine rings is 1. The van der Waals surface area contributed by atoms with Crippen LogP contribution < -0.4 is 10.5 Å². The minimum atomic E-state index is -0.251. The molecule has 0 bridgehead atoms. The van der Waals surface area contributed by atoms with E-state index in [9.17, 15) is 9.59 Å². The molecule has 3 heterocycles. The molecular weight excluding hydrogens is 300 g/mol. The van der Waals surface area contributed by atoms with E-state index in [4.69, 9.17) is 0 Å². The number of nitrogens with zero attached hydrogens (tertiary/aromatic N) is 3. The third-order valence-electron chi connectivity index (χ3n) is 3.73. The molecule has 1 fully saturated rings. The van der Waals surface area contributed by atoms with Crippen molar-refractivity contribution in [1.82, 2.24) is 14.9 Å². The second kappa shape index (κ2) is 6.31. The Balaban J connectivity index is 1.64. The average molecular weight is 318 g/mol. The molecule has 0 radical (unpaired) electrons. The molecule has 7 heteroatoms. The van der Waals surface area contributed by atoms with E-state index in [1.54, 1.807) is 28.4 Å². The van der Waals surface area contributed by atoms with Gasteiger partial charge >= 0.3 is 0 Å². The van der Waals surface area contributed by atoms with Crippen LogP contribution in [-0.4, -0.2) is 47.0 Å². The highest BCUT2D eigenvalue weighted by Crippen LogP contribution is 2.24. The quantitative estimate of drug-likeness (QED) is 0.927. The van der Waals surface area contributed by atoms with Gasteiger partial charge < -0.3 is 14.8 Å². The molecule has 22 heavy (non-hydrogen) atoms. The van der Waals surface area contributed by atoms with Crippen LogP contribution in [0.2, 0.25) is 0 Å². The molecule has 3 rings (SSSR count). The number of aryl methyl sites for hydroxylation is 1. The fourth-order valence-corrected chi connectivity index (χ4v) is 3.35. The minimum Gasteiger partial charge on any atom is -0.345 e. The van der Waals surface area contributed by atoms with E-state index in [2.05, 4.69) is 21.8 Å². The van der Waals surface area contributed by atoms with E-state index in [0.717, 1.165) is 24.6 Å². The highest BCUT2D eigenvalue weighted by Gasteiger charge is 2.24. The first-order chi connectivity index (χ1) is 10.7. The van der Waals surface area contributed by atoms with Gasteiger partial charge in [-0.3, -0.25) is 9.59 Å². The topological polar surface area (TPSA) is 69.3 Å². The lowest BCUT2D eigenvalue weighted by molar-refractivity contribution is 0.0740. The number of amides is 1. The number of hydrogen-bond acceptors (Lipinski definition) is 5. The van der Waals surface area contributed by atoms with Crippen LogP contribution in [0.5, 0.6) is 0 Å². The number of thiazole rings is 1. The second-order valence-electron chi connectivity index (χ2n) is 5.17. The Hall–Kier alpha value is -2.15. The monoisotopic (exact) mass is 318 g/mol. The number of aromatic nitrogens is 2. The van der Waals surface area contributed by atoms with Gasteiger partial charge in [-0.05, 0) is 12.5 Å². The van der Waals surface area contributed by atoms with Crippen LogP contribution in [-0.2, 0) is 6.42 Å². The van der Waals surface area contributed by atoms with E-state index in [0.29, 0.717) is 18.8 Å². The van der Waals surface area contributed by atoms with Gasteiger partial charge in [0, 0.05) is 43.3 Å². The standard InChI is InChI=1S/C15H18N4O2S/c1-2-11-10-16-15(22-11)19-8-6-18(7-9-19)14(21)12-4-3-5-13(20)17-12/h3-5,10H,2,6-9H2,1H3,(H,17,20). The zero-order valence-electron chi connectivity index (χ0n) is 12.4. The Bertz CT molecular complexity index is 716. The molecule has 0 aliphatic carbocycles. The molecular formula is C15H18N4O2S. The first-order valence-corrected chi connectivity index (χ1v) is 8.17. The molecule has 116 valence electrons. The Labute approximate surface area is 132 Å². The average Bonchev–Trinajstić information content (AvgIpc) is 3.03. The number of rotatable bonds is 3. The molecule has 2 aromatic heterocycles. The lowest BCUT2D eigenvalue weighted by atomic mass is 10.2. The van der Waals surface area contributed by atoms with Gasteiger partial charge in [0.15, 0.2) is 5.13 Å². The van der Waals surface area contributed by atoms with Gasteiger partial charge in [-0.2, -0.15) is 0 Å². The van der Waals surface area contributed by atoms with Gasteiger partial charge in [0.2, 0.25) is 5.56 Å². The molecule has 0 spiro atoms. The summed E-state index contributed by atoms with van der Waals surface area (Å²) < 4.78 is 0. The van der Waals surface area contributed by atoms with Crippen LogP contribution >= 0.6 is 11.3 Å². The molecule has 1 N–H and O–H groups in total. The summed E-state index contributed by atoms with van der Waals surface area (Å²) in [4.78, 5) is 36.0. The first-order valence-electron chi connectivity index (χ1n) is 7.35. The number of aromatic amines is 1. The third kappa shape index (κ3) is 3.04. The molecule has 0 unspecified atom stereocenters. The molecule has 0 atom stereocenters. The maximum Gasteiger partial charge on any atom is 0.270 e. The lowest BCUT2D eigenvalue weighted by Crippen LogP contribution is -2.49. The predicted octanol–water partition coefficient (Wildman–Crippen LogP) is 1.36. The Morgan fingerprint density at radius 1 is 1.32 bits per heavy atom. The minimum absolute atomic E-state index is 0.120. The predicted molar refractivity (Wildman–Crippen MR) is 86.7 cm³/mol. The van der Waals surface area contributed by atoms with E-state index >= 15 is 0 Å². The number of carbonyl (C=O) groups excluding carboxylic acids is 1. The van der Waals surface area contributed by atoms with Gasteiger partial charge in [-0.25, -0.2) is 4.98 Å². The summed E-state index contributed by atoms with van der Waals surface area (Å²) in [7, 11) is 0. The van der Waals surface area contributed by atoms with E-state index < -0.39 is 0 Å². The van der Waals surface area contributed by atoms with Crippen LogP contribution in [0.4, 0.5) is 5.13 Å². The molecule has 1 amide bonds. The zero-order valence-corrected chi connectivity index (χ0v) is 13.2. The summed E-state index contributed by atoms with van der Waals surface area (Å²) in [6, 6.07) is 4.65. The summed E-state index contributed by atoms with van der Waals surface area (Å²) in [5, 5.41) is 1.03. The summed E-state index contributed by atoms with van der Waals surface area (Å²) >= 11 is 1.71. The third-order valence-corrected chi connectivity index (χ3v) is 4.93. The Morgan fingerprint density at radius 3 is 2.73 bits per heavy atom. The maximum atomic E-state index is 12.4. The normalized spacial score (nSPS) is 15.1. The molecule has 1 aliphatic rings. The van der Waals surface area contributed by atoms with Crippen LogP contribution in [0.3, 0.4) is 0 Å². The van der Waals surface area contributed by atoms with Crippen LogP contribution in [0.25, 0.3) is 0 Å².